The van der Waals surface area contributed by atoms with Gasteiger partial charge in [-0.05, 0) is 45.1 Å². The summed E-state index contributed by atoms with van der Waals surface area (Å²) in [6.07, 6.45) is 3.61. The van der Waals surface area contributed by atoms with Gasteiger partial charge in [0, 0.05) is 0 Å². The zero-order valence-electron chi connectivity index (χ0n) is 12.7. The van der Waals surface area contributed by atoms with Crippen LogP contribution < -0.4 is 5.32 Å². The van der Waals surface area contributed by atoms with Crippen molar-refractivity contribution in [2.24, 2.45) is 0 Å². The Morgan fingerprint density at radius 3 is 2.57 bits per heavy atom. The average molecular weight is 289 g/mol. The zero-order valence-corrected chi connectivity index (χ0v) is 12.7. The molecule has 1 unspecified atom stereocenters. The Morgan fingerprint density at radius 1 is 1.29 bits per heavy atom. The van der Waals surface area contributed by atoms with E-state index in [1.807, 2.05) is 37.3 Å². The summed E-state index contributed by atoms with van der Waals surface area (Å²) in [5, 5.41) is 3.07. The number of alkyl carbamates (subject to hydrolysis) is 1. The molecule has 3 aliphatic rings. The van der Waals surface area contributed by atoms with E-state index < -0.39 is 0 Å². The lowest BCUT2D eigenvalue weighted by atomic mass is 9.68. The van der Waals surface area contributed by atoms with Gasteiger partial charge in [-0.3, -0.25) is 0 Å². The van der Waals surface area contributed by atoms with Crippen LogP contribution in [0, 0.1) is 0 Å². The predicted molar refractivity (Wildman–Crippen MR) is 79.9 cm³/mol. The van der Waals surface area contributed by atoms with Gasteiger partial charge in [-0.1, -0.05) is 30.3 Å². The second kappa shape index (κ2) is 5.34. The van der Waals surface area contributed by atoms with Crippen LogP contribution in [0.4, 0.5) is 4.79 Å². The van der Waals surface area contributed by atoms with Gasteiger partial charge in [-0.15, -0.1) is 0 Å². The van der Waals surface area contributed by atoms with Crippen molar-refractivity contribution in [2.45, 2.75) is 63.4 Å². The highest BCUT2D eigenvalue weighted by Crippen LogP contribution is 2.46. The largest absolute Gasteiger partial charge is 0.445 e. The summed E-state index contributed by atoms with van der Waals surface area (Å²) in [4.78, 5) is 12.1. The molecule has 21 heavy (non-hydrogen) atoms. The monoisotopic (exact) mass is 289 g/mol. The highest BCUT2D eigenvalue weighted by molar-refractivity contribution is 5.68. The fourth-order valence-corrected chi connectivity index (χ4v) is 3.48. The Morgan fingerprint density at radius 2 is 1.95 bits per heavy atom. The van der Waals surface area contributed by atoms with E-state index in [4.69, 9.17) is 9.47 Å². The molecular formula is C17H23NO3. The summed E-state index contributed by atoms with van der Waals surface area (Å²) < 4.78 is 11.4. The molecule has 2 heterocycles. The zero-order chi connectivity index (χ0) is 14.9. The number of ether oxygens (including phenoxy) is 2. The van der Waals surface area contributed by atoms with Crippen LogP contribution in [0.5, 0.6) is 0 Å². The number of benzene rings is 1. The Kier molecular flexibility index (Phi) is 3.66. The van der Waals surface area contributed by atoms with Gasteiger partial charge in [0.2, 0.25) is 0 Å². The molecule has 1 atom stereocenters. The lowest BCUT2D eigenvalue weighted by Crippen LogP contribution is -2.66. The van der Waals surface area contributed by atoms with Gasteiger partial charge in [0.15, 0.2) is 0 Å². The van der Waals surface area contributed by atoms with E-state index in [1.54, 1.807) is 0 Å². The third-order valence-electron chi connectivity index (χ3n) is 5.00. The molecule has 2 saturated heterocycles. The van der Waals surface area contributed by atoms with Crippen LogP contribution in [0.3, 0.4) is 0 Å². The van der Waals surface area contributed by atoms with Crippen LogP contribution in [0.2, 0.25) is 0 Å². The average Bonchev–Trinajstić information content (AvgIpc) is 2.48. The molecule has 4 rings (SSSR count). The fraction of sp³-hybridized carbons (Fsp3) is 0.588. The molecule has 3 fully saturated rings. The number of hydrogen-bond donors (Lipinski definition) is 1. The first-order chi connectivity index (χ1) is 10.0. The molecule has 4 nitrogen and oxygen atoms in total. The first-order valence-corrected chi connectivity index (χ1v) is 7.68. The molecule has 4 heteroatoms. The van der Waals surface area contributed by atoms with E-state index in [-0.39, 0.29) is 23.3 Å². The van der Waals surface area contributed by atoms with Crippen molar-refractivity contribution in [1.29, 1.82) is 0 Å². The highest BCUT2D eigenvalue weighted by Gasteiger charge is 2.52. The minimum atomic E-state index is -0.347. The first-order valence-electron chi connectivity index (χ1n) is 7.68. The Balaban J connectivity index is 1.57. The van der Waals surface area contributed by atoms with E-state index in [0.29, 0.717) is 6.61 Å². The molecule has 0 spiro atoms. The number of carbonyl (C=O) groups is 1. The maximum atomic E-state index is 12.1. The van der Waals surface area contributed by atoms with Gasteiger partial charge in [-0.2, -0.15) is 0 Å². The van der Waals surface area contributed by atoms with Crippen molar-refractivity contribution in [1.82, 2.24) is 5.32 Å². The molecule has 0 radical (unpaired) electrons. The van der Waals surface area contributed by atoms with Gasteiger partial charge in [0.05, 0.1) is 17.2 Å². The molecule has 1 aliphatic carbocycles. The molecular weight excluding hydrogens is 266 g/mol. The van der Waals surface area contributed by atoms with Crippen LogP contribution in [-0.4, -0.2) is 23.3 Å². The van der Waals surface area contributed by atoms with Gasteiger partial charge in [-0.25, -0.2) is 4.79 Å². The van der Waals surface area contributed by atoms with Crippen molar-refractivity contribution in [3.8, 4) is 0 Å². The van der Waals surface area contributed by atoms with E-state index >= 15 is 0 Å². The molecule has 0 aromatic heterocycles. The quantitative estimate of drug-likeness (QED) is 0.927. The number of fused-ring (bicyclic) bond motifs is 3. The molecule has 1 aromatic rings. The van der Waals surface area contributed by atoms with Crippen molar-refractivity contribution in [3.05, 3.63) is 35.9 Å². The number of amides is 1. The molecule has 2 aliphatic heterocycles. The van der Waals surface area contributed by atoms with Crippen LogP contribution in [-0.2, 0) is 16.1 Å². The molecule has 1 aromatic carbocycles. The van der Waals surface area contributed by atoms with Crippen molar-refractivity contribution in [2.75, 3.05) is 0 Å². The minimum absolute atomic E-state index is 0.00318. The summed E-state index contributed by atoms with van der Waals surface area (Å²) in [5.41, 5.74) is 0.733. The number of nitrogens with one attached hydrogen (secondary N) is 1. The summed E-state index contributed by atoms with van der Waals surface area (Å²) in [7, 11) is 0. The van der Waals surface area contributed by atoms with Gasteiger partial charge < -0.3 is 14.8 Å². The standard InChI is InChI=1S/C17H23NO3/c1-13-17(10-8-16(2,21-13)9-11-17)18-15(19)20-12-14-6-4-3-5-7-14/h3-7,13H,8-12H2,1-2H3,(H,18,19). The fourth-order valence-electron chi connectivity index (χ4n) is 3.48. The summed E-state index contributed by atoms with van der Waals surface area (Å²) >= 11 is 0. The van der Waals surface area contributed by atoms with E-state index in [2.05, 4.69) is 12.2 Å². The topological polar surface area (TPSA) is 47.6 Å². The SMILES string of the molecule is CC1OC2(C)CCC1(NC(=O)OCc1ccccc1)CC2. The summed E-state index contributed by atoms with van der Waals surface area (Å²) in [6.45, 7) is 4.52. The van der Waals surface area contributed by atoms with Crippen LogP contribution in [0.15, 0.2) is 30.3 Å². The Labute approximate surface area is 125 Å². The Bertz CT molecular complexity index is 506. The second-order valence-corrected chi connectivity index (χ2v) is 6.55. The molecule has 1 amide bonds. The van der Waals surface area contributed by atoms with Gasteiger partial charge >= 0.3 is 6.09 Å². The van der Waals surface area contributed by atoms with E-state index in [0.717, 1.165) is 31.2 Å². The smallest absolute Gasteiger partial charge is 0.407 e. The molecule has 1 saturated carbocycles. The van der Waals surface area contributed by atoms with Gasteiger partial charge in [0.1, 0.15) is 6.61 Å². The summed E-state index contributed by atoms with van der Waals surface area (Å²) in [5.74, 6) is 0. The van der Waals surface area contributed by atoms with Crippen LogP contribution >= 0.6 is 0 Å². The molecule has 2 bridgehead atoms. The van der Waals surface area contributed by atoms with Crippen molar-refractivity contribution >= 4 is 6.09 Å². The minimum Gasteiger partial charge on any atom is -0.445 e. The van der Waals surface area contributed by atoms with Gasteiger partial charge in [0.25, 0.3) is 0 Å². The normalized spacial score (nSPS) is 34.5. The van der Waals surface area contributed by atoms with Crippen molar-refractivity contribution in [3.63, 3.8) is 0 Å². The number of carbonyl (C=O) groups excluding carboxylic acids is 1. The highest BCUT2D eigenvalue weighted by atomic mass is 16.6. The first kappa shape index (κ1) is 14.4. The molecule has 114 valence electrons. The van der Waals surface area contributed by atoms with Crippen LogP contribution in [0.1, 0.15) is 45.1 Å². The number of rotatable bonds is 3. The third-order valence-corrected chi connectivity index (χ3v) is 5.00. The second-order valence-electron chi connectivity index (χ2n) is 6.55. The van der Waals surface area contributed by atoms with Crippen molar-refractivity contribution < 1.29 is 14.3 Å². The maximum absolute atomic E-state index is 12.1. The van der Waals surface area contributed by atoms with E-state index in [1.165, 1.54) is 0 Å². The maximum Gasteiger partial charge on any atom is 0.407 e. The molecule has 1 N–H and O–H groups in total. The van der Waals surface area contributed by atoms with E-state index in [9.17, 15) is 4.79 Å². The van der Waals surface area contributed by atoms with Crippen LogP contribution in [0.25, 0.3) is 0 Å². The number of hydrogen-bond acceptors (Lipinski definition) is 3. The predicted octanol–water partition coefficient (Wildman–Crippen LogP) is 3.40. The lowest BCUT2D eigenvalue weighted by molar-refractivity contribution is -0.193. The summed E-state index contributed by atoms with van der Waals surface area (Å²) in [6, 6.07) is 9.72. The Hall–Kier alpha value is -1.55. The third kappa shape index (κ3) is 2.91. The lowest BCUT2D eigenvalue weighted by Gasteiger charge is -2.55.